The van der Waals surface area contributed by atoms with E-state index in [9.17, 15) is 9.59 Å². The number of nitrogens with zero attached hydrogens (tertiary/aromatic N) is 1. The molecule has 0 unspecified atom stereocenters. The van der Waals surface area contributed by atoms with Crippen molar-refractivity contribution < 1.29 is 14.7 Å². The van der Waals surface area contributed by atoms with Gasteiger partial charge in [-0.05, 0) is 36.6 Å². The van der Waals surface area contributed by atoms with Crippen LogP contribution in [0.15, 0.2) is 18.2 Å². The van der Waals surface area contributed by atoms with Crippen molar-refractivity contribution in [3.05, 3.63) is 34.3 Å². The molecule has 4 nitrogen and oxygen atoms in total. The van der Waals surface area contributed by atoms with Gasteiger partial charge in [0, 0.05) is 17.1 Å². The van der Waals surface area contributed by atoms with E-state index in [0.29, 0.717) is 17.1 Å². The van der Waals surface area contributed by atoms with Crippen molar-refractivity contribution in [2.75, 3.05) is 13.1 Å². The summed E-state index contributed by atoms with van der Waals surface area (Å²) >= 11 is 5.91. The Hall–Kier alpha value is -1.55. The molecule has 0 heterocycles. The van der Waals surface area contributed by atoms with Crippen LogP contribution in [0.2, 0.25) is 5.02 Å². The average molecular weight is 284 g/mol. The number of hydrogen-bond donors (Lipinski definition) is 1. The summed E-state index contributed by atoms with van der Waals surface area (Å²) in [7, 11) is 0. The van der Waals surface area contributed by atoms with Crippen molar-refractivity contribution >= 4 is 23.5 Å². The van der Waals surface area contributed by atoms with Crippen molar-refractivity contribution in [3.8, 4) is 0 Å². The predicted octanol–water partition coefficient (Wildman–Crippen LogP) is 2.83. The first-order chi connectivity index (χ1) is 8.81. The van der Waals surface area contributed by atoms with Gasteiger partial charge in [-0.3, -0.25) is 9.59 Å². The SMILES string of the molecule is Cc1cc(C(=O)N(CC(=O)O)CC(C)C)ccc1Cl. The number of carbonyl (C=O) groups excluding carboxylic acids is 1. The highest BCUT2D eigenvalue weighted by atomic mass is 35.5. The quantitative estimate of drug-likeness (QED) is 0.904. The highest BCUT2D eigenvalue weighted by Crippen LogP contribution is 2.17. The number of benzene rings is 1. The third-order valence-electron chi connectivity index (χ3n) is 2.60. The number of aliphatic carboxylic acids is 1. The van der Waals surface area contributed by atoms with E-state index >= 15 is 0 Å². The van der Waals surface area contributed by atoms with Crippen LogP contribution >= 0.6 is 11.6 Å². The van der Waals surface area contributed by atoms with E-state index in [1.165, 1.54) is 4.90 Å². The molecule has 0 bridgehead atoms. The summed E-state index contributed by atoms with van der Waals surface area (Å²) < 4.78 is 0. The lowest BCUT2D eigenvalue weighted by atomic mass is 10.1. The van der Waals surface area contributed by atoms with Crippen molar-refractivity contribution in [2.24, 2.45) is 5.92 Å². The van der Waals surface area contributed by atoms with E-state index in [2.05, 4.69) is 0 Å². The number of carboxylic acids is 1. The Bertz CT molecular complexity index is 486. The molecule has 0 atom stereocenters. The summed E-state index contributed by atoms with van der Waals surface area (Å²) in [6.45, 7) is 5.80. The molecule has 1 aromatic rings. The summed E-state index contributed by atoms with van der Waals surface area (Å²) in [6, 6.07) is 4.95. The van der Waals surface area contributed by atoms with Crippen LogP contribution in [0.5, 0.6) is 0 Å². The van der Waals surface area contributed by atoms with Gasteiger partial charge in [0.25, 0.3) is 5.91 Å². The van der Waals surface area contributed by atoms with E-state index < -0.39 is 5.97 Å². The maximum absolute atomic E-state index is 12.3. The average Bonchev–Trinajstić information content (AvgIpc) is 2.29. The third kappa shape index (κ3) is 4.56. The van der Waals surface area contributed by atoms with Crippen molar-refractivity contribution in [3.63, 3.8) is 0 Å². The normalized spacial score (nSPS) is 10.6. The van der Waals surface area contributed by atoms with E-state index in [1.54, 1.807) is 18.2 Å². The lowest BCUT2D eigenvalue weighted by Crippen LogP contribution is -2.38. The Morgan fingerprint density at radius 3 is 2.47 bits per heavy atom. The monoisotopic (exact) mass is 283 g/mol. The molecule has 1 rings (SSSR count). The van der Waals surface area contributed by atoms with Crippen LogP contribution < -0.4 is 0 Å². The molecular weight excluding hydrogens is 266 g/mol. The van der Waals surface area contributed by atoms with Gasteiger partial charge in [-0.25, -0.2) is 0 Å². The Labute approximate surface area is 118 Å². The number of rotatable bonds is 5. The van der Waals surface area contributed by atoms with Gasteiger partial charge in [-0.15, -0.1) is 0 Å². The third-order valence-corrected chi connectivity index (χ3v) is 3.03. The molecule has 0 aromatic heterocycles. The predicted molar refractivity (Wildman–Crippen MR) is 74.6 cm³/mol. The molecule has 0 aliphatic heterocycles. The zero-order chi connectivity index (χ0) is 14.6. The lowest BCUT2D eigenvalue weighted by Gasteiger charge is -2.23. The molecule has 5 heteroatoms. The fraction of sp³-hybridized carbons (Fsp3) is 0.429. The smallest absolute Gasteiger partial charge is 0.323 e. The largest absolute Gasteiger partial charge is 0.480 e. The van der Waals surface area contributed by atoms with E-state index in [-0.39, 0.29) is 18.4 Å². The maximum Gasteiger partial charge on any atom is 0.323 e. The molecule has 104 valence electrons. The number of amides is 1. The Balaban J connectivity index is 2.97. The second kappa shape index (κ2) is 6.57. The second-order valence-corrected chi connectivity index (χ2v) is 5.34. The van der Waals surface area contributed by atoms with Crippen LogP contribution in [0.3, 0.4) is 0 Å². The van der Waals surface area contributed by atoms with Gasteiger partial charge in [0.2, 0.25) is 0 Å². The minimum atomic E-state index is -1.01. The van der Waals surface area contributed by atoms with Gasteiger partial charge in [0.05, 0.1) is 0 Å². The molecule has 1 N–H and O–H groups in total. The molecule has 0 radical (unpaired) electrons. The van der Waals surface area contributed by atoms with Gasteiger partial charge in [0.1, 0.15) is 6.54 Å². The standard InChI is InChI=1S/C14H18ClNO3/c1-9(2)7-16(8-13(17)18)14(19)11-4-5-12(15)10(3)6-11/h4-6,9H,7-8H2,1-3H3,(H,17,18). The molecule has 0 saturated heterocycles. The van der Waals surface area contributed by atoms with Crippen LogP contribution in [0.25, 0.3) is 0 Å². The zero-order valence-electron chi connectivity index (χ0n) is 11.3. The zero-order valence-corrected chi connectivity index (χ0v) is 12.1. The number of hydrogen-bond acceptors (Lipinski definition) is 2. The fourth-order valence-corrected chi connectivity index (χ4v) is 1.90. The van der Waals surface area contributed by atoms with E-state index in [4.69, 9.17) is 16.7 Å². The van der Waals surface area contributed by atoms with Gasteiger partial charge < -0.3 is 10.0 Å². The van der Waals surface area contributed by atoms with Crippen LogP contribution in [-0.4, -0.2) is 35.0 Å². The number of carbonyl (C=O) groups is 2. The van der Waals surface area contributed by atoms with Gasteiger partial charge >= 0.3 is 5.97 Å². The number of carboxylic acid groups (broad SMARTS) is 1. The van der Waals surface area contributed by atoms with Crippen LogP contribution in [-0.2, 0) is 4.79 Å². The molecule has 1 amide bonds. The molecule has 0 spiro atoms. The van der Waals surface area contributed by atoms with Gasteiger partial charge in [-0.1, -0.05) is 25.4 Å². The number of halogens is 1. The first kappa shape index (κ1) is 15.5. The van der Waals surface area contributed by atoms with E-state index in [0.717, 1.165) is 5.56 Å². The second-order valence-electron chi connectivity index (χ2n) is 4.94. The van der Waals surface area contributed by atoms with Gasteiger partial charge in [0.15, 0.2) is 0 Å². The first-order valence-electron chi connectivity index (χ1n) is 6.08. The molecular formula is C14H18ClNO3. The minimum Gasteiger partial charge on any atom is -0.480 e. The van der Waals surface area contributed by atoms with Crippen molar-refractivity contribution in [1.29, 1.82) is 0 Å². The summed E-state index contributed by atoms with van der Waals surface area (Å²) in [4.78, 5) is 24.5. The minimum absolute atomic E-state index is 0.205. The first-order valence-corrected chi connectivity index (χ1v) is 6.46. The highest BCUT2D eigenvalue weighted by Gasteiger charge is 2.19. The fourth-order valence-electron chi connectivity index (χ4n) is 1.78. The highest BCUT2D eigenvalue weighted by molar-refractivity contribution is 6.31. The Morgan fingerprint density at radius 1 is 1.37 bits per heavy atom. The lowest BCUT2D eigenvalue weighted by molar-refractivity contribution is -0.137. The van der Waals surface area contributed by atoms with Crippen LogP contribution in [0.4, 0.5) is 0 Å². The topological polar surface area (TPSA) is 57.6 Å². The van der Waals surface area contributed by atoms with Crippen molar-refractivity contribution in [1.82, 2.24) is 4.90 Å². The summed E-state index contributed by atoms with van der Waals surface area (Å²) in [6.07, 6.45) is 0. The van der Waals surface area contributed by atoms with Gasteiger partial charge in [-0.2, -0.15) is 0 Å². The van der Waals surface area contributed by atoms with Crippen molar-refractivity contribution in [2.45, 2.75) is 20.8 Å². The Morgan fingerprint density at radius 2 is 2.00 bits per heavy atom. The molecule has 0 aliphatic carbocycles. The molecule has 0 fully saturated rings. The summed E-state index contributed by atoms with van der Waals surface area (Å²) in [5, 5.41) is 9.46. The summed E-state index contributed by atoms with van der Waals surface area (Å²) in [5.74, 6) is -1.09. The molecule has 19 heavy (non-hydrogen) atoms. The molecule has 1 aromatic carbocycles. The maximum atomic E-state index is 12.3. The number of aryl methyl sites for hydroxylation is 1. The molecule has 0 aliphatic rings. The Kier molecular flexibility index (Phi) is 5.36. The van der Waals surface area contributed by atoms with E-state index in [1.807, 2.05) is 20.8 Å². The molecule has 0 saturated carbocycles. The van der Waals surface area contributed by atoms with Crippen LogP contribution in [0, 0.1) is 12.8 Å². The van der Waals surface area contributed by atoms with Crippen LogP contribution in [0.1, 0.15) is 29.8 Å². The summed E-state index contributed by atoms with van der Waals surface area (Å²) in [5.41, 5.74) is 1.26.